The number of amides is 1. The molecule has 0 spiro atoms. The summed E-state index contributed by atoms with van der Waals surface area (Å²) in [5, 5.41) is 9.68. The summed E-state index contributed by atoms with van der Waals surface area (Å²) in [5.41, 5.74) is 2.66. The van der Waals surface area contributed by atoms with Crippen LogP contribution in [-0.4, -0.2) is 21.6 Å². The molecule has 6 heteroatoms. The third-order valence-electron chi connectivity index (χ3n) is 4.83. The fourth-order valence-corrected chi connectivity index (χ4v) is 4.64. The van der Waals surface area contributed by atoms with Crippen LogP contribution in [0.1, 0.15) is 65.1 Å². The molecule has 1 aromatic carbocycles. The van der Waals surface area contributed by atoms with E-state index >= 15 is 0 Å². The number of aliphatic carboxylic acids is 1. The lowest BCUT2D eigenvalue weighted by Crippen LogP contribution is -2.29. The first-order chi connectivity index (χ1) is 12.5. The van der Waals surface area contributed by atoms with Crippen LogP contribution in [0.2, 0.25) is 0 Å². The first-order valence-electron chi connectivity index (χ1n) is 9.13. The number of rotatable bonds is 4. The Morgan fingerprint density at radius 3 is 2.54 bits per heavy atom. The van der Waals surface area contributed by atoms with E-state index in [1.165, 1.54) is 16.2 Å². The highest BCUT2D eigenvalue weighted by molar-refractivity contribution is 7.09. The van der Waals surface area contributed by atoms with Crippen LogP contribution in [0.25, 0.3) is 0 Å². The molecule has 1 unspecified atom stereocenters. The second-order valence-electron chi connectivity index (χ2n) is 6.73. The summed E-state index contributed by atoms with van der Waals surface area (Å²) in [6, 6.07) is 6.61. The Bertz CT molecular complexity index is 877. The van der Waals surface area contributed by atoms with Gasteiger partial charge in [0, 0.05) is 16.1 Å². The average molecular weight is 372 g/mol. The van der Waals surface area contributed by atoms with E-state index in [2.05, 4.69) is 4.99 Å². The molecule has 0 aliphatic heterocycles. The van der Waals surface area contributed by atoms with Crippen LogP contribution in [0.15, 0.2) is 29.3 Å². The van der Waals surface area contributed by atoms with E-state index < -0.39 is 12.0 Å². The van der Waals surface area contributed by atoms with Crippen molar-refractivity contribution in [3.05, 3.63) is 50.8 Å². The van der Waals surface area contributed by atoms with Crippen LogP contribution in [0.5, 0.6) is 0 Å². The summed E-state index contributed by atoms with van der Waals surface area (Å²) in [6.45, 7) is 3.83. The molecule has 0 bridgehead atoms. The molecular formula is C20H24N2O3S. The van der Waals surface area contributed by atoms with Crippen molar-refractivity contribution >= 4 is 23.2 Å². The van der Waals surface area contributed by atoms with Crippen molar-refractivity contribution in [1.82, 2.24) is 4.57 Å². The van der Waals surface area contributed by atoms with Gasteiger partial charge in [0.05, 0.1) is 0 Å². The zero-order chi connectivity index (χ0) is 18.7. The van der Waals surface area contributed by atoms with Gasteiger partial charge in [-0.2, -0.15) is 4.99 Å². The SMILES string of the molecule is CCC(C(=O)O)n1c2c(s/c1=N\C(=O)c1ccc(C)cc1)CCCCC2. The smallest absolute Gasteiger partial charge is 0.326 e. The van der Waals surface area contributed by atoms with Gasteiger partial charge >= 0.3 is 5.97 Å². The molecule has 3 rings (SSSR count). The monoisotopic (exact) mass is 372 g/mol. The molecule has 1 aliphatic carbocycles. The summed E-state index contributed by atoms with van der Waals surface area (Å²) >= 11 is 1.47. The topological polar surface area (TPSA) is 71.7 Å². The predicted octanol–water partition coefficient (Wildman–Crippen LogP) is 3.90. The number of carbonyl (C=O) groups is 2. The van der Waals surface area contributed by atoms with E-state index in [1.807, 2.05) is 26.0 Å². The van der Waals surface area contributed by atoms with Crippen LogP contribution in [-0.2, 0) is 17.6 Å². The van der Waals surface area contributed by atoms with Crippen molar-refractivity contribution in [1.29, 1.82) is 0 Å². The Morgan fingerprint density at radius 2 is 1.88 bits per heavy atom. The predicted molar refractivity (Wildman–Crippen MR) is 102 cm³/mol. The number of carbonyl (C=O) groups excluding carboxylic acids is 1. The number of carboxylic acid groups (broad SMARTS) is 1. The van der Waals surface area contributed by atoms with Crippen molar-refractivity contribution in [2.24, 2.45) is 4.99 Å². The summed E-state index contributed by atoms with van der Waals surface area (Å²) in [6.07, 6.45) is 5.55. The zero-order valence-electron chi connectivity index (χ0n) is 15.2. The molecule has 1 aromatic heterocycles. The van der Waals surface area contributed by atoms with E-state index in [9.17, 15) is 14.7 Å². The van der Waals surface area contributed by atoms with E-state index in [-0.39, 0.29) is 5.91 Å². The van der Waals surface area contributed by atoms with Crippen LogP contribution in [0, 0.1) is 6.92 Å². The minimum Gasteiger partial charge on any atom is -0.480 e. The highest BCUT2D eigenvalue weighted by atomic mass is 32.1. The van der Waals surface area contributed by atoms with Crippen molar-refractivity contribution < 1.29 is 14.7 Å². The molecule has 2 aromatic rings. The number of hydrogen-bond acceptors (Lipinski definition) is 3. The van der Waals surface area contributed by atoms with Crippen molar-refractivity contribution in [2.45, 2.75) is 58.4 Å². The fourth-order valence-electron chi connectivity index (χ4n) is 3.39. The van der Waals surface area contributed by atoms with E-state index in [0.29, 0.717) is 16.8 Å². The third kappa shape index (κ3) is 3.80. The lowest BCUT2D eigenvalue weighted by molar-refractivity contribution is -0.141. The standard InChI is InChI=1S/C20H24N2O3S/c1-3-15(19(24)25)22-16-7-5-4-6-8-17(16)26-20(22)21-18(23)14-11-9-13(2)10-12-14/h9-12,15H,3-8H2,1-2H3,(H,24,25)/b21-20-. The zero-order valence-corrected chi connectivity index (χ0v) is 16.0. The largest absolute Gasteiger partial charge is 0.480 e. The molecule has 5 nitrogen and oxygen atoms in total. The van der Waals surface area contributed by atoms with Crippen LogP contribution in [0.3, 0.4) is 0 Å². The minimum absolute atomic E-state index is 0.324. The van der Waals surface area contributed by atoms with Gasteiger partial charge in [0.15, 0.2) is 4.80 Å². The Labute approximate surface area is 157 Å². The highest BCUT2D eigenvalue weighted by Gasteiger charge is 2.25. The molecule has 1 N–H and O–H groups in total. The van der Waals surface area contributed by atoms with Gasteiger partial charge < -0.3 is 9.67 Å². The Hall–Kier alpha value is -2.21. The molecule has 0 fully saturated rings. The molecule has 1 aliphatic rings. The Kier molecular flexibility index (Phi) is 5.71. The molecule has 138 valence electrons. The number of nitrogens with zero attached hydrogens (tertiary/aromatic N) is 2. The fraction of sp³-hybridized carbons (Fsp3) is 0.450. The summed E-state index contributed by atoms with van der Waals surface area (Å²) < 4.78 is 1.81. The van der Waals surface area contributed by atoms with Crippen molar-refractivity contribution in [3.63, 3.8) is 0 Å². The maximum atomic E-state index is 12.6. The van der Waals surface area contributed by atoms with Gasteiger partial charge in [-0.25, -0.2) is 4.79 Å². The molecule has 1 amide bonds. The van der Waals surface area contributed by atoms with E-state index in [0.717, 1.165) is 43.4 Å². The molecule has 0 saturated carbocycles. The summed E-state index contributed by atoms with van der Waals surface area (Å²) in [4.78, 5) is 30.4. The average Bonchev–Trinajstić information content (AvgIpc) is 2.79. The van der Waals surface area contributed by atoms with E-state index in [1.54, 1.807) is 16.7 Å². The van der Waals surface area contributed by atoms with Gasteiger partial charge in [-0.05, 0) is 51.2 Å². The number of benzene rings is 1. The van der Waals surface area contributed by atoms with Gasteiger partial charge in [0.25, 0.3) is 5.91 Å². The lowest BCUT2D eigenvalue weighted by atomic mass is 10.1. The number of thiazole rings is 1. The lowest BCUT2D eigenvalue weighted by Gasteiger charge is -2.16. The van der Waals surface area contributed by atoms with E-state index in [4.69, 9.17) is 0 Å². The number of carboxylic acids is 1. The molecule has 0 saturated heterocycles. The summed E-state index contributed by atoms with van der Waals surface area (Å²) in [7, 11) is 0. The maximum absolute atomic E-state index is 12.6. The third-order valence-corrected chi connectivity index (χ3v) is 5.99. The van der Waals surface area contributed by atoms with Gasteiger partial charge in [0.1, 0.15) is 6.04 Å². The molecular weight excluding hydrogens is 348 g/mol. The highest BCUT2D eigenvalue weighted by Crippen LogP contribution is 2.26. The number of hydrogen-bond donors (Lipinski definition) is 1. The van der Waals surface area contributed by atoms with Crippen LogP contribution >= 0.6 is 11.3 Å². The quantitative estimate of drug-likeness (QED) is 0.827. The van der Waals surface area contributed by atoms with Gasteiger partial charge in [-0.1, -0.05) is 31.0 Å². The second kappa shape index (κ2) is 7.99. The number of aromatic nitrogens is 1. The van der Waals surface area contributed by atoms with Crippen molar-refractivity contribution in [3.8, 4) is 0 Å². The first-order valence-corrected chi connectivity index (χ1v) is 9.94. The van der Waals surface area contributed by atoms with Gasteiger partial charge in [-0.15, -0.1) is 11.3 Å². The Balaban J connectivity index is 2.12. The normalized spacial score (nSPS) is 16.0. The van der Waals surface area contributed by atoms with Gasteiger partial charge in [0.2, 0.25) is 0 Å². The number of fused-ring (bicyclic) bond motifs is 1. The molecule has 1 atom stereocenters. The second-order valence-corrected chi connectivity index (χ2v) is 7.79. The van der Waals surface area contributed by atoms with Gasteiger partial charge in [-0.3, -0.25) is 4.79 Å². The molecule has 0 radical (unpaired) electrons. The maximum Gasteiger partial charge on any atom is 0.326 e. The molecule has 1 heterocycles. The van der Waals surface area contributed by atoms with Crippen LogP contribution < -0.4 is 4.80 Å². The minimum atomic E-state index is -0.874. The Morgan fingerprint density at radius 1 is 1.19 bits per heavy atom. The summed E-state index contributed by atoms with van der Waals surface area (Å²) in [5.74, 6) is -1.20. The molecule has 26 heavy (non-hydrogen) atoms. The van der Waals surface area contributed by atoms with Crippen molar-refractivity contribution in [2.75, 3.05) is 0 Å². The van der Waals surface area contributed by atoms with Crippen LogP contribution in [0.4, 0.5) is 0 Å². The number of aryl methyl sites for hydroxylation is 2. The first kappa shape index (κ1) is 18.6.